The van der Waals surface area contributed by atoms with E-state index in [0.717, 1.165) is 16.8 Å². The molecule has 0 bridgehead atoms. The lowest BCUT2D eigenvalue weighted by Gasteiger charge is -2.12. The van der Waals surface area contributed by atoms with Gasteiger partial charge in [-0.3, -0.25) is 14.5 Å². The summed E-state index contributed by atoms with van der Waals surface area (Å²) in [5, 5.41) is 6.95. The number of nitrogens with zero attached hydrogens (tertiary/aromatic N) is 3. The fourth-order valence-electron chi connectivity index (χ4n) is 2.08. The van der Waals surface area contributed by atoms with Crippen molar-refractivity contribution in [1.82, 2.24) is 20.1 Å². The van der Waals surface area contributed by atoms with Gasteiger partial charge in [0.15, 0.2) is 0 Å². The van der Waals surface area contributed by atoms with Gasteiger partial charge in [0.2, 0.25) is 5.91 Å². The molecule has 1 N–H and O–H groups in total. The minimum atomic E-state index is -0.340. The molecule has 0 aliphatic heterocycles. The van der Waals surface area contributed by atoms with Crippen molar-refractivity contribution in [2.75, 3.05) is 0 Å². The zero-order chi connectivity index (χ0) is 15.4. The molecule has 6 heteroatoms. The predicted molar refractivity (Wildman–Crippen MR) is 80.7 cm³/mol. The van der Waals surface area contributed by atoms with E-state index in [-0.39, 0.29) is 11.9 Å². The molecule has 0 fully saturated rings. The van der Waals surface area contributed by atoms with Gasteiger partial charge in [-0.15, -0.1) is 0 Å². The van der Waals surface area contributed by atoms with Crippen molar-refractivity contribution in [3.8, 4) is 11.3 Å². The molecule has 0 saturated heterocycles. The summed E-state index contributed by atoms with van der Waals surface area (Å²) >= 11 is 0. The summed E-state index contributed by atoms with van der Waals surface area (Å²) in [6, 6.07) is 7.16. The first-order valence-electron chi connectivity index (χ1n) is 6.98. The van der Waals surface area contributed by atoms with E-state index in [1.54, 1.807) is 41.9 Å². The minimum absolute atomic E-state index is 0.0809. The Morgan fingerprint density at radius 3 is 2.95 bits per heavy atom. The second-order valence-electron chi connectivity index (χ2n) is 4.94. The van der Waals surface area contributed by atoms with Crippen molar-refractivity contribution >= 4 is 5.91 Å². The van der Waals surface area contributed by atoms with E-state index in [1.807, 2.05) is 25.1 Å². The number of furan rings is 1. The third-order valence-corrected chi connectivity index (χ3v) is 3.41. The highest BCUT2D eigenvalue weighted by Gasteiger charge is 2.14. The number of amides is 1. The van der Waals surface area contributed by atoms with Crippen LogP contribution in [0.25, 0.3) is 11.3 Å². The molecule has 6 nitrogen and oxygen atoms in total. The second-order valence-corrected chi connectivity index (χ2v) is 4.94. The minimum Gasteiger partial charge on any atom is -0.472 e. The third kappa shape index (κ3) is 3.06. The van der Waals surface area contributed by atoms with E-state index in [4.69, 9.17) is 4.42 Å². The smallest absolute Gasteiger partial charge is 0.244 e. The zero-order valence-corrected chi connectivity index (χ0v) is 12.1. The van der Waals surface area contributed by atoms with Crippen LogP contribution in [-0.2, 0) is 11.3 Å². The summed E-state index contributed by atoms with van der Waals surface area (Å²) in [7, 11) is 0. The molecule has 0 spiro atoms. The van der Waals surface area contributed by atoms with Crippen molar-refractivity contribution in [1.29, 1.82) is 0 Å². The van der Waals surface area contributed by atoms with Crippen LogP contribution in [0.4, 0.5) is 0 Å². The zero-order valence-electron chi connectivity index (χ0n) is 12.1. The van der Waals surface area contributed by atoms with Gasteiger partial charge in [0.05, 0.1) is 18.2 Å². The van der Waals surface area contributed by atoms with E-state index in [9.17, 15) is 4.79 Å². The van der Waals surface area contributed by atoms with E-state index >= 15 is 0 Å². The van der Waals surface area contributed by atoms with Gasteiger partial charge in [-0.1, -0.05) is 6.07 Å². The molecule has 22 heavy (non-hydrogen) atoms. The second kappa shape index (κ2) is 6.26. The van der Waals surface area contributed by atoms with Gasteiger partial charge < -0.3 is 9.73 Å². The molecule has 3 heterocycles. The first-order chi connectivity index (χ1) is 10.7. The van der Waals surface area contributed by atoms with Crippen molar-refractivity contribution < 1.29 is 9.21 Å². The van der Waals surface area contributed by atoms with Crippen molar-refractivity contribution in [3.63, 3.8) is 0 Å². The number of nitrogens with one attached hydrogen (secondary N) is 1. The molecule has 0 aliphatic rings. The van der Waals surface area contributed by atoms with Crippen LogP contribution in [0.1, 0.15) is 18.5 Å². The maximum atomic E-state index is 12.1. The fourth-order valence-corrected chi connectivity index (χ4v) is 2.08. The van der Waals surface area contributed by atoms with E-state index in [0.29, 0.717) is 6.54 Å². The Balaban J connectivity index is 1.58. The Hall–Kier alpha value is -2.89. The topological polar surface area (TPSA) is 73.0 Å². The third-order valence-electron chi connectivity index (χ3n) is 3.41. The van der Waals surface area contributed by atoms with Crippen LogP contribution >= 0.6 is 0 Å². The largest absolute Gasteiger partial charge is 0.472 e. The summed E-state index contributed by atoms with van der Waals surface area (Å²) < 4.78 is 6.66. The van der Waals surface area contributed by atoms with E-state index in [2.05, 4.69) is 15.4 Å². The van der Waals surface area contributed by atoms with Crippen LogP contribution in [0.3, 0.4) is 0 Å². The van der Waals surface area contributed by atoms with Crippen molar-refractivity contribution in [2.45, 2.75) is 19.5 Å². The molecule has 0 aromatic carbocycles. The standard InChI is InChI=1S/C16H16N4O2/c1-12(20-7-2-6-19-20)16(21)18-10-13-3-4-15(17-9-13)14-5-8-22-11-14/h2-9,11-12H,10H2,1H3,(H,18,21)/t12-/m1/s1. The van der Waals surface area contributed by atoms with Gasteiger partial charge >= 0.3 is 0 Å². The van der Waals surface area contributed by atoms with Gasteiger partial charge in [-0.05, 0) is 30.7 Å². The molecule has 1 atom stereocenters. The summed E-state index contributed by atoms with van der Waals surface area (Å²) in [6.45, 7) is 2.24. The Morgan fingerprint density at radius 2 is 2.32 bits per heavy atom. The average Bonchev–Trinajstić information content (AvgIpc) is 3.25. The van der Waals surface area contributed by atoms with E-state index < -0.39 is 0 Å². The molecule has 0 radical (unpaired) electrons. The molecule has 3 aromatic heterocycles. The Labute approximate surface area is 127 Å². The van der Waals surface area contributed by atoms with Crippen LogP contribution in [0, 0.1) is 0 Å². The predicted octanol–water partition coefficient (Wildman–Crippen LogP) is 2.42. The Morgan fingerprint density at radius 1 is 1.41 bits per heavy atom. The van der Waals surface area contributed by atoms with E-state index in [1.165, 1.54) is 0 Å². The summed E-state index contributed by atoms with van der Waals surface area (Å²) in [6.07, 6.45) is 8.44. The number of rotatable bonds is 5. The molecular formula is C16H16N4O2. The quantitative estimate of drug-likeness (QED) is 0.784. The Bertz CT molecular complexity index is 718. The molecular weight excluding hydrogens is 280 g/mol. The van der Waals surface area contributed by atoms with Crippen LogP contribution < -0.4 is 5.32 Å². The monoisotopic (exact) mass is 296 g/mol. The fraction of sp³-hybridized carbons (Fsp3) is 0.188. The average molecular weight is 296 g/mol. The van der Waals surface area contributed by atoms with Crippen molar-refractivity contribution in [3.05, 3.63) is 60.9 Å². The van der Waals surface area contributed by atoms with Gasteiger partial charge in [-0.25, -0.2) is 0 Å². The summed E-state index contributed by atoms with van der Waals surface area (Å²) in [5.41, 5.74) is 2.71. The van der Waals surface area contributed by atoms with Crippen LogP contribution in [0.2, 0.25) is 0 Å². The molecule has 0 unspecified atom stereocenters. The number of carbonyl (C=O) groups is 1. The lowest BCUT2D eigenvalue weighted by molar-refractivity contribution is -0.124. The van der Waals surface area contributed by atoms with Crippen LogP contribution in [0.5, 0.6) is 0 Å². The normalized spacial score (nSPS) is 12.0. The van der Waals surface area contributed by atoms with Gasteiger partial charge in [0.1, 0.15) is 6.04 Å². The highest BCUT2D eigenvalue weighted by molar-refractivity contribution is 5.79. The molecule has 1 amide bonds. The lowest BCUT2D eigenvalue weighted by Crippen LogP contribution is -2.30. The van der Waals surface area contributed by atoms with Gasteiger partial charge in [0.25, 0.3) is 0 Å². The lowest BCUT2D eigenvalue weighted by atomic mass is 10.2. The Kier molecular flexibility index (Phi) is 4.00. The van der Waals surface area contributed by atoms with Crippen LogP contribution in [0.15, 0.2) is 59.8 Å². The maximum Gasteiger partial charge on any atom is 0.244 e. The molecule has 0 aliphatic carbocycles. The first kappa shape index (κ1) is 14.1. The molecule has 112 valence electrons. The van der Waals surface area contributed by atoms with Gasteiger partial charge in [-0.2, -0.15) is 5.10 Å². The molecule has 0 saturated carbocycles. The number of carbonyl (C=O) groups excluding carboxylic acids is 1. The van der Waals surface area contributed by atoms with Crippen LogP contribution in [-0.4, -0.2) is 20.7 Å². The summed E-state index contributed by atoms with van der Waals surface area (Å²) in [4.78, 5) is 16.4. The number of hydrogen-bond acceptors (Lipinski definition) is 4. The number of aromatic nitrogens is 3. The number of pyridine rings is 1. The SMILES string of the molecule is C[C@H](C(=O)NCc1ccc(-c2ccoc2)nc1)n1cccn1. The molecule has 3 rings (SSSR count). The van der Waals surface area contributed by atoms with Crippen molar-refractivity contribution in [2.24, 2.45) is 0 Å². The molecule has 3 aromatic rings. The van der Waals surface area contributed by atoms with Gasteiger partial charge in [0, 0.05) is 30.7 Å². The first-order valence-corrected chi connectivity index (χ1v) is 6.98. The highest BCUT2D eigenvalue weighted by Crippen LogP contribution is 2.17. The summed E-state index contributed by atoms with van der Waals surface area (Å²) in [5.74, 6) is -0.0809. The maximum absolute atomic E-state index is 12.1. The highest BCUT2D eigenvalue weighted by atomic mass is 16.3. The number of hydrogen-bond donors (Lipinski definition) is 1.